The predicted molar refractivity (Wildman–Crippen MR) is 39.2 cm³/mol. The van der Waals surface area contributed by atoms with Gasteiger partial charge in [0.05, 0.1) is 5.02 Å². The Kier molecular flexibility index (Phi) is 2.54. The third-order valence-electron chi connectivity index (χ3n) is 1.06. The minimum atomic E-state index is -0.344. The molecule has 0 unspecified atom stereocenters. The van der Waals surface area contributed by atoms with Crippen LogP contribution in [0, 0.1) is 0 Å². The standard InChI is InChI=1S/C7H7ClO2/c8-6-3-1-2-4-7(6)10-5-9/h1-4,9H,5H2. The van der Waals surface area contributed by atoms with E-state index in [0.717, 1.165) is 0 Å². The molecular weight excluding hydrogens is 152 g/mol. The van der Waals surface area contributed by atoms with E-state index in [1.807, 2.05) is 0 Å². The van der Waals surface area contributed by atoms with Gasteiger partial charge in [-0.1, -0.05) is 23.7 Å². The van der Waals surface area contributed by atoms with Crippen LogP contribution in [0.5, 0.6) is 5.75 Å². The van der Waals surface area contributed by atoms with Crippen molar-refractivity contribution in [1.82, 2.24) is 0 Å². The summed E-state index contributed by atoms with van der Waals surface area (Å²) in [4.78, 5) is 0. The van der Waals surface area contributed by atoms with Gasteiger partial charge in [-0.3, -0.25) is 0 Å². The Morgan fingerprint density at radius 2 is 2.10 bits per heavy atom. The van der Waals surface area contributed by atoms with Crippen molar-refractivity contribution in [2.45, 2.75) is 0 Å². The lowest BCUT2D eigenvalue weighted by molar-refractivity contribution is 0.0986. The van der Waals surface area contributed by atoms with Crippen molar-refractivity contribution < 1.29 is 9.84 Å². The number of hydrogen-bond acceptors (Lipinski definition) is 2. The lowest BCUT2D eigenvalue weighted by Gasteiger charge is -2.01. The van der Waals surface area contributed by atoms with Crippen LogP contribution < -0.4 is 4.74 Å². The van der Waals surface area contributed by atoms with Gasteiger partial charge in [0.1, 0.15) is 5.75 Å². The van der Waals surface area contributed by atoms with Crippen LogP contribution in [0.25, 0.3) is 0 Å². The minimum Gasteiger partial charge on any atom is -0.466 e. The minimum absolute atomic E-state index is 0.344. The molecule has 3 heteroatoms. The van der Waals surface area contributed by atoms with E-state index in [9.17, 15) is 0 Å². The molecule has 0 aliphatic carbocycles. The van der Waals surface area contributed by atoms with Crippen molar-refractivity contribution in [3.05, 3.63) is 29.3 Å². The molecule has 0 saturated carbocycles. The van der Waals surface area contributed by atoms with Crippen LogP contribution in [0.1, 0.15) is 0 Å². The van der Waals surface area contributed by atoms with Gasteiger partial charge in [0.15, 0.2) is 6.79 Å². The number of aliphatic hydroxyl groups excluding tert-OH is 1. The summed E-state index contributed by atoms with van der Waals surface area (Å²) in [5, 5.41) is 8.87. The number of para-hydroxylation sites is 1. The fourth-order valence-corrected chi connectivity index (χ4v) is 0.822. The third kappa shape index (κ3) is 1.62. The van der Waals surface area contributed by atoms with Gasteiger partial charge >= 0.3 is 0 Å². The Bertz CT molecular complexity index is 213. The number of halogens is 1. The van der Waals surface area contributed by atoms with E-state index in [2.05, 4.69) is 0 Å². The van der Waals surface area contributed by atoms with Gasteiger partial charge in [-0.2, -0.15) is 0 Å². The molecule has 54 valence electrons. The lowest BCUT2D eigenvalue weighted by Crippen LogP contribution is -1.94. The third-order valence-corrected chi connectivity index (χ3v) is 1.37. The van der Waals surface area contributed by atoms with Gasteiger partial charge < -0.3 is 9.84 Å². The Morgan fingerprint density at radius 3 is 2.70 bits per heavy atom. The van der Waals surface area contributed by atoms with Crippen molar-refractivity contribution in [3.8, 4) is 5.75 Å². The molecule has 0 aromatic heterocycles. The fourth-order valence-electron chi connectivity index (χ4n) is 0.631. The highest BCUT2D eigenvalue weighted by Crippen LogP contribution is 2.22. The molecule has 0 aliphatic heterocycles. The van der Waals surface area contributed by atoms with E-state index >= 15 is 0 Å². The first-order chi connectivity index (χ1) is 4.84. The second-order valence-electron chi connectivity index (χ2n) is 1.70. The summed E-state index contributed by atoms with van der Waals surface area (Å²) in [6, 6.07) is 6.98. The zero-order chi connectivity index (χ0) is 7.40. The first kappa shape index (κ1) is 7.38. The van der Waals surface area contributed by atoms with Crippen LogP contribution in [0.3, 0.4) is 0 Å². The van der Waals surface area contributed by atoms with Crippen molar-refractivity contribution in [3.63, 3.8) is 0 Å². The van der Waals surface area contributed by atoms with Crippen LogP contribution in [0.15, 0.2) is 24.3 Å². The van der Waals surface area contributed by atoms with Gasteiger partial charge in [-0.15, -0.1) is 0 Å². The van der Waals surface area contributed by atoms with E-state index < -0.39 is 0 Å². The summed E-state index contributed by atoms with van der Waals surface area (Å²) in [7, 11) is 0. The molecule has 0 aliphatic rings. The van der Waals surface area contributed by atoms with Crippen LogP contribution in [-0.4, -0.2) is 11.9 Å². The first-order valence-corrected chi connectivity index (χ1v) is 3.20. The molecule has 1 rings (SSSR count). The van der Waals surface area contributed by atoms with Crippen LogP contribution >= 0.6 is 11.6 Å². The predicted octanol–water partition coefficient (Wildman–Crippen LogP) is 1.67. The van der Waals surface area contributed by atoms with Crippen molar-refractivity contribution >= 4 is 11.6 Å². The van der Waals surface area contributed by atoms with E-state index in [4.69, 9.17) is 21.4 Å². The topological polar surface area (TPSA) is 29.5 Å². The second kappa shape index (κ2) is 3.44. The number of rotatable bonds is 2. The summed E-state index contributed by atoms with van der Waals surface area (Å²) < 4.78 is 4.76. The largest absolute Gasteiger partial charge is 0.466 e. The van der Waals surface area contributed by atoms with Crippen molar-refractivity contribution in [2.75, 3.05) is 6.79 Å². The Morgan fingerprint density at radius 1 is 1.40 bits per heavy atom. The molecule has 0 heterocycles. The van der Waals surface area contributed by atoms with Crippen LogP contribution in [-0.2, 0) is 0 Å². The first-order valence-electron chi connectivity index (χ1n) is 2.83. The van der Waals surface area contributed by atoms with Crippen molar-refractivity contribution in [1.29, 1.82) is 0 Å². The molecule has 1 aromatic carbocycles. The van der Waals surface area contributed by atoms with Gasteiger partial charge in [0.25, 0.3) is 0 Å². The lowest BCUT2D eigenvalue weighted by atomic mass is 10.3. The zero-order valence-corrected chi connectivity index (χ0v) is 6.01. The number of benzene rings is 1. The van der Waals surface area contributed by atoms with E-state index in [1.54, 1.807) is 24.3 Å². The highest BCUT2D eigenvalue weighted by molar-refractivity contribution is 6.32. The molecule has 0 spiro atoms. The maximum absolute atomic E-state index is 8.36. The van der Waals surface area contributed by atoms with Gasteiger partial charge in [0, 0.05) is 0 Å². The molecule has 0 amide bonds. The summed E-state index contributed by atoms with van der Waals surface area (Å²) in [5.74, 6) is 0.506. The van der Waals surface area contributed by atoms with E-state index in [0.29, 0.717) is 10.8 Å². The monoisotopic (exact) mass is 158 g/mol. The van der Waals surface area contributed by atoms with E-state index in [1.165, 1.54) is 0 Å². The molecule has 0 radical (unpaired) electrons. The number of hydrogen-bond donors (Lipinski definition) is 1. The number of ether oxygens (including phenoxy) is 1. The zero-order valence-electron chi connectivity index (χ0n) is 5.25. The fraction of sp³-hybridized carbons (Fsp3) is 0.143. The van der Waals surface area contributed by atoms with E-state index in [-0.39, 0.29) is 6.79 Å². The van der Waals surface area contributed by atoms with Gasteiger partial charge in [-0.25, -0.2) is 0 Å². The Labute approximate surface area is 64.0 Å². The molecule has 1 N–H and O–H groups in total. The number of aliphatic hydroxyl groups is 1. The SMILES string of the molecule is OCOc1ccccc1Cl. The van der Waals surface area contributed by atoms with Gasteiger partial charge in [0.2, 0.25) is 0 Å². The smallest absolute Gasteiger partial charge is 0.186 e. The molecule has 0 saturated heterocycles. The molecule has 0 atom stereocenters. The molecule has 1 aromatic rings. The molecule has 0 bridgehead atoms. The summed E-state index contributed by atoms with van der Waals surface area (Å²) in [5.41, 5.74) is 0. The quantitative estimate of drug-likeness (QED) is 0.664. The van der Waals surface area contributed by atoms with Gasteiger partial charge in [-0.05, 0) is 12.1 Å². The van der Waals surface area contributed by atoms with Crippen LogP contribution in [0.2, 0.25) is 5.02 Å². The van der Waals surface area contributed by atoms with Crippen LogP contribution in [0.4, 0.5) is 0 Å². The van der Waals surface area contributed by atoms with Crippen molar-refractivity contribution in [2.24, 2.45) is 0 Å². The Hall–Kier alpha value is -0.730. The maximum atomic E-state index is 8.36. The summed E-state index contributed by atoms with van der Waals surface area (Å²) in [6.45, 7) is -0.344. The molecular formula is C7H7ClO2. The maximum Gasteiger partial charge on any atom is 0.186 e. The molecule has 10 heavy (non-hydrogen) atoms. The molecule has 0 fully saturated rings. The highest BCUT2D eigenvalue weighted by atomic mass is 35.5. The normalized spacial score (nSPS) is 9.40. The summed E-state index contributed by atoms with van der Waals surface area (Å²) >= 11 is 5.67. The highest BCUT2D eigenvalue weighted by Gasteiger charge is 1.95. The second-order valence-corrected chi connectivity index (χ2v) is 2.11. The molecule has 2 nitrogen and oxygen atoms in total. The average Bonchev–Trinajstić information content (AvgIpc) is 1.94. The summed E-state index contributed by atoms with van der Waals surface area (Å²) in [6.07, 6.45) is 0. The average molecular weight is 159 g/mol. The Balaban J connectivity index is 2.81.